The van der Waals surface area contributed by atoms with Crippen LogP contribution in [-0.2, 0) is 0 Å². The highest BCUT2D eigenvalue weighted by Crippen LogP contribution is 2.45. The van der Waals surface area contributed by atoms with Crippen LogP contribution >= 0.6 is 11.6 Å². The third kappa shape index (κ3) is 2.06. The standard InChI is InChI=1S/C18H12ClN3O/c19-11-7-5-10(6-8-11)15-13(9-20)18(21)23-17-12-3-1-2-4-14(12)22-16(15)17/h1-8,15,22H,21H2. The summed E-state index contributed by atoms with van der Waals surface area (Å²) >= 11 is 5.98. The van der Waals surface area contributed by atoms with Crippen LogP contribution in [0.5, 0.6) is 5.75 Å². The summed E-state index contributed by atoms with van der Waals surface area (Å²) < 4.78 is 5.74. The number of hydrogen-bond donors (Lipinski definition) is 2. The van der Waals surface area contributed by atoms with Gasteiger partial charge in [0, 0.05) is 15.9 Å². The molecule has 1 atom stereocenters. The highest BCUT2D eigenvalue weighted by Gasteiger charge is 2.33. The van der Waals surface area contributed by atoms with Crippen LogP contribution in [0.15, 0.2) is 60.0 Å². The first-order valence-electron chi connectivity index (χ1n) is 7.12. The average molecular weight is 322 g/mol. The smallest absolute Gasteiger partial charge is 0.205 e. The van der Waals surface area contributed by atoms with Crippen LogP contribution in [0.1, 0.15) is 17.2 Å². The van der Waals surface area contributed by atoms with Gasteiger partial charge in [0.05, 0.1) is 11.6 Å². The van der Waals surface area contributed by atoms with Gasteiger partial charge < -0.3 is 15.5 Å². The Labute approximate surface area is 137 Å². The number of aromatic nitrogens is 1. The first-order chi connectivity index (χ1) is 11.2. The van der Waals surface area contributed by atoms with Crippen molar-refractivity contribution in [3.05, 3.63) is 76.3 Å². The Bertz CT molecular complexity index is 980. The molecule has 2 aromatic carbocycles. The molecule has 0 saturated heterocycles. The SMILES string of the molecule is N#CC1=C(N)Oc2c([nH]c3ccccc23)C1c1ccc(Cl)cc1. The molecule has 5 heteroatoms. The predicted molar refractivity (Wildman–Crippen MR) is 89.0 cm³/mol. The summed E-state index contributed by atoms with van der Waals surface area (Å²) in [5.41, 5.74) is 9.12. The Morgan fingerprint density at radius 1 is 1.13 bits per heavy atom. The lowest BCUT2D eigenvalue weighted by Gasteiger charge is -2.24. The highest BCUT2D eigenvalue weighted by atomic mass is 35.5. The fourth-order valence-corrected chi connectivity index (χ4v) is 3.14. The van der Waals surface area contributed by atoms with Crippen LogP contribution < -0.4 is 10.5 Å². The number of nitrogens with zero attached hydrogens (tertiary/aromatic N) is 1. The summed E-state index contributed by atoms with van der Waals surface area (Å²) in [6.07, 6.45) is 0. The van der Waals surface area contributed by atoms with Crippen molar-refractivity contribution in [2.75, 3.05) is 0 Å². The zero-order valence-corrected chi connectivity index (χ0v) is 12.8. The number of ether oxygens (including phenoxy) is 1. The molecule has 3 N–H and O–H groups in total. The van der Waals surface area contributed by atoms with Gasteiger partial charge in [-0.2, -0.15) is 5.26 Å². The van der Waals surface area contributed by atoms with Gasteiger partial charge >= 0.3 is 0 Å². The van der Waals surface area contributed by atoms with Crippen LogP contribution in [0.25, 0.3) is 10.9 Å². The van der Waals surface area contributed by atoms with Gasteiger partial charge in [-0.25, -0.2) is 0 Å². The number of aromatic amines is 1. The number of para-hydroxylation sites is 1. The van der Waals surface area contributed by atoms with Crippen molar-refractivity contribution in [3.8, 4) is 11.8 Å². The van der Waals surface area contributed by atoms with Crippen LogP contribution in [0, 0.1) is 11.3 Å². The van der Waals surface area contributed by atoms with E-state index < -0.39 is 0 Å². The molecule has 112 valence electrons. The molecule has 23 heavy (non-hydrogen) atoms. The average Bonchev–Trinajstić information content (AvgIpc) is 2.93. The minimum Gasteiger partial charge on any atom is -0.438 e. The van der Waals surface area contributed by atoms with Gasteiger partial charge in [-0.3, -0.25) is 0 Å². The van der Waals surface area contributed by atoms with Crippen molar-refractivity contribution in [2.24, 2.45) is 5.73 Å². The van der Waals surface area contributed by atoms with Gasteiger partial charge in [0.15, 0.2) is 5.75 Å². The second-order valence-electron chi connectivity index (χ2n) is 5.39. The molecule has 1 aliphatic rings. The molecule has 0 aliphatic carbocycles. The van der Waals surface area contributed by atoms with Crippen molar-refractivity contribution >= 4 is 22.5 Å². The van der Waals surface area contributed by atoms with E-state index in [-0.39, 0.29) is 11.8 Å². The van der Waals surface area contributed by atoms with Crippen molar-refractivity contribution < 1.29 is 4.74 Å². The number of H-pyrrole nitrogens is 1. The Balaban J connectivity index is 1.99. The molecule has 0 bridgehead atoms. The lowest BCUT2D eigenvalue weighted by atomic mass is 9.87. The number of nitrogens with one attached hydrogen (secondary N) is 1. The number of nitriles is 1. The highest BCUT2D eigenvalue weighted by molar-refractivity contribution is 6.30. The number of benzene rings is 2. The number of fused-ring (bicyclic) bond motifs is 3. The minimum atomic E-state index is -0.298. The summed E-state index contributed by atoms with van der Waals surface area (Å²) in [6.45, 7) is 0. The molecular formula is C18H12ClN3O. The predicted octanol–water partition coefficient (Wildman–Crippen LogP) is 4.04. The third-order valence-corrected chi connectivity index (χ3v) is 4.32. The van der Waals surface area contributed by atoms with Gasteiger partial charge in [0.1, 0.15) is 11.6 Å². The lowest BCUT2D eigenvalue weighted by Crippen LogP contribution is -2.20. The maximum absolute atomic E-state index is 9.54. The van der Waals surface area contributed by atoms with E-state index in [0.717, 1.165) is 22.2 Å². The normalized spacial score (nSPS) is 16.8. The molecule has 1 aliphatic heterocycles. The Hall–Kier alpha value is -2.90. The molecule has 0 fully saturated rings. The first kappa shape index (κ1) is 13.7. The molecule has 1 unspecified atom stereocenters. The Morgan fingerprint density at radius 3 is 2.61 bits per heavy atom. The maximum Gasteiger partial charge on any atom is 0.205 e. The Kier molecular flexibility index (Phi) is 3.03. The molecule has 3 aromatic rings. The molecule has 0 amide bonds. The zero-order chi connectivity index (χ0) is 16.0. The molecule has 1 aromatic heterocycles. The second-order valence-corrected chi connectivity index (χ2v) is 5.83. The fraction of sp³-hybridized carbons (Fsp3) is 0.0556. The van der Waals surface area contributed by atoms with Crippen molar-refractivity contribution in [2.45, 2.75) is 5.92 Å². The quantitative estimate of drug-likeness (QED) is 0.710. The zero-order valence-electron chi connectivity index (χ0n) is 12.0. The van der Waals surface area contributed by atoms with E-state index in [4.69, 9.17) is 22.1 Å². The summed E-state index contributed by atoms with van der Waals surface area (Å²) in [6, 6.07) is 17.4. The van der Waals surface area contributed by atoms with Gasteiger partial charge in [0.2, 0.25) is 5.88 Å². The molecule has 4 rings (SSSR count). The molecule has 0 radical (unpaired) electrons. The number of allylic oxidation sites excluding steroid dienone is 1. The van der Waals surface area contributed by atoms with Crippen molar-refractivity contribution in [3.63, 3.8) is 0 Å². The summed E-state index contributed by atoms with van der Waals surface area (Å²) in [5, 5.41) is 11.1. The summed E-state index contributed by atoms with van der Waals surface area (Å²) in [5.74, 6) is 0.523. The van der Waals surface area contributed by atoms with Crippen LogP contribution in [0.2, 0.25) is 5.02 Å². The number of rotatable bonds is 1. The van der Waals surface area contributed by atoms with Gasteiger partial charge in [0.25, 0.3) is 0 Å². The van der Waals surface area contributed by atoms with E-state index in [1.807, 2.05) is 36.4 Å². The van der Waals surface area contributed by atoms with Gasteiger partial charge in [-0.1, -0.05) is 35.9 Å². The molecule has 4 nitrogen and oxygen atoms in total. The summed E-state index contributed by atoms with van der Waals surface area (Å²) in [7, 11) is 0. The number of halogens is 1. The fourth-order valence-electron chi connectivity index (χ4n) is 3.01. The molecule has 0 spiro atoms. The van der Waals surface area contributed by atoms with Crippen LogP contribution in [-0.4, -0.2) is 4.98 Å². The maximum atomic E-state index is 9.54. The van der Waals surface area contributed by atoms with E-state index in [1.54, 1.807) is 12.1 Å². The van der Waals surface area contributed by atoms with E-state index in [0.29, 0.717) is 16.3 Å². The first-order valence-corrected chi connectivity index (χ1v) is 7.50. The minimum absolute atomic E-state index is 0.143. The molecular weight excluding hydrogens is 310 g/mol. The van der Waals surface area contributed by atoms with E-state index >= 15 is 0 Å². The summed E-state index contributed by atoms with van der Waals surface area (Å²) in [4.78, 5) is 3.37. The van der Waals surface area contributed by atoms with Crippen molar-refractivity contribution in [1.82, 2.24) is 4.98 Å². The van der Waals surface area contributed by atoms with E-state index in [1.165, 1.54) is 0 Å². The number of hydrogen-bond acceptors (Lipinski definition) is 3. The topological polar surface area (TPSA) is 74.8 Å². The number of nitrogens with two attached hydrogens (primary N) is 1. The van der Waals surface area contributed by atoms with Gasteiger partial charge in [-0.05, 0) is 29.8 Å². The lowest BCUT2D eigenvalue weighted by molar-refractivity contribution is 0.397. The van der Waals surface area contributed by atoms with Gasteiger partial charge in [-0.15, -0.1) is 0 Å². The largest absolute Gasteiger partial charge is 0.438 e. The van der Waals surface area contributed by atoms with Crippen LogP contribution in [0.4, 0.5) is 0 Å². The van der Waals surface area contributed by atoms with E-state index in [2.05, 4.69) is 11.1 Å². The monoisotopic (exact) mass is 321 g/mol. The molecule has 0 saturated carbocycles. The van der Waals surface area contributed by atoms with E-state index in [9.17, 15) is 5.26 Å². The van der Waals surface area contributed by atoms with Crippen LogP contribution in [0.3, 0.4) is 0 Å². The second kappa shape index (κ2) is 5.08. The van der Waals surface area contributed by atoms with Crippen molar-refractivity contribution in [1.29, 1.82) is 5.26 Å². The Morgan fingerprint density at radius 2 is 1.87 bits per heavy atom. The molecule has 2 heterocycles. The third-order valence-electron chi connectivity index (χ3n) is 4.06.